The highest BCUT2D eigenvalue weighted by atomic mass is 16.5. The molecule has 0 spiro atoms. The van der Waals surface area contributed by atoms with Gasteiger partial charge in [-0.3, -0.25) is 0 Å². The number of para-hydroxylation sites is 1. The lowest BCUT2D eigenvalue weighted by atomic mass is 10.1. The van der Waals surface area contributed by atoms with Gasteiger partial charge in [-0.25, -0.2) is 9.78 Å². The fourth-order valence-corrected chi connectivity index (χ4v) is 3.58. The second-order valence-corrected chi connectivity index (χ2v) is 7.55. The number of rotatable bonds is 6. The van der Waals surface area contributed by atoms with Crippen molar-refractivity contribution in [2.75, 3.05) is 19.6 Å². The maximum atomic E-state index is 12.5. The van der Waals surface area contributed by atoms with Gasteiger partial charge in [0.25, 0.3) is 0 Å². The molecule has 6 nitrogen and oxygen atoms in total. The van der Waals surface area contributed by atoms with E-state index < -0.39 is 0 Å². The molecule has 1 atom stereocenters. The summed E-state index contributed by atoms with van der Waals surface area (Å²) in [5.74, 6) is 1.90. The number of hydrogen-bond donors (Lipinski definition) is 1. The van der Waals surface area contributed by atoms with E-state index in [0.717, 1.165) is 50.5 Å². The van der Waals surface area contributed by atoms with Gasteiger partial charge in [0, 0.05) is 43.9 Å². The molecule has 26 heavy (non-hydrogen) atoms. The van der Waals surface area contributed by atoms with Crippen LogP contribution in [0.5, 0.6) is 5.75 Å². The van der Waals surface area contributed by atoms with Gasteiger partial charge in [-0.2, -0.15) is 0 Å². The summed E-state index contributed by atoms with van der Waals surface area (Å²) in [6.45, 7) is 5.07. The van der Waals surface area contributed by atoms with Gasteiger partial charge >= 0.3 is 6.03 Å². The maximum absolute atomic E-state index is 12.5. The summed E-state index contributed by atoms with van der Waals surface area (Å²) in [4.78, 5) is 18.7. The Morgan fingerprint density at radius 1 is 1.35 bits per heavy atom. The first-order chi connectivity index (χ1) is 12.6. The summed E-state index contributed by atoms with van der Waals surface area (Å²) in [7, 11) is 0. The second-order valence-electron chi connectivity index (χ2n) is 7.55. The molecule has 1 N–H and O–H groups in total. The lowest BCUT2D eigenvalue weighted by Gasteiger charge is -2.21. The normalized spacial score (nSPS) is 20.8. The Hall–Kier alpha value is -2.50. The Morgan fingerprint density at radius 3 is 2.85 bits per heavy atom. The molecule has 2 aromatic rings. The maximum Gasteiger partial charge on any atom is 0.317 e. The molecule has 1 aliphatic heterocycles. The Labute approximate surface area is 154 Å². The van der Waals surface area contributed by atoms with Crippen LogP contribution in [0, 0.1) is 12.3 Å². The molecule has 1 aromatic carbocycles. The number of nitrogens with zero attached hydrogens (tertiary/aromatic N) is 3. The van der Waals surface area contributed by atoms with Crippen LogP contribution < -0.4 is 10.1 Å². The lowest BCUT2D eigenvalue weighted by Crippen LogP contribution is -2.42. The van der Waals surface area contributed by atoms with E-state index in [9.17, 15) is 4.79 Å². The van der Waals surface area contributed by atoms with E-state index >= 15 is 0 Å². The van der Waals surface area contributed by atoms with Crippen LogP contribution in [0.1, 0.15) is 25.1 Å². The number of carbonyl (C=O) groups is 1. The van der Waals surface area contributed by atoms with E-state index in [1.165, 1.54) is 0 Å². The minimum Gasteiger partial charge on any atom is -0.489 e. The van der Waals surface area contributed by atoms with Crippen LogP contribution in [-0.2, 0) is 6.54 Å². The van der Waals surface area contributed by atoms with Crippen molar-refractivity contribution in [1.29, 1.82) is 0 Å². The predicted octanol–water partition coefficient (Wildman–Crippen LogP) is 2.83. The highest BCUT2D eigenvalue weighted by Gasteiger charge is 2.43. The van der Waals surface area contributed by atoms with Gasteiger partial charge in [-0.05, 0) is 31.9 Å². The van der Waals surface area contributed by atoms with E-state index in [1.54, 1.807) is 0 Å². The number of ether oxygens (including phenoxy) is 1. The highest BCUT2D eigenvalue weighted by Crippen LogP contribution is 2.46. The van der Waals surface area contributed by atoms with Crippen molar-refractivity contribution in [3.8, 4) is 5.75 Å². The first kappa shape index (κ1) is 16.9. The van der Waals surface area contributed by atoms with Gasteiger partial charge in [-0.15, -0.1) is 0 Å². The Balaban J connectivity index is 1.25. The first-order valence-electron chi connectivity index (χ1n) is 9.36. The summed E-state index contributed by atoms with van der Waals surface area (Å²) >= 11 is 0. The minimum absolute atomic E-state index is 0.0257. The highest BCUT2D eigenvalue weighted by molar-refractivity contribution is 5.74. The monoisotopic (exact) mass is 354 g/mol. The van der Waals surface area contributed by atoms with E-state index in [2.05, 4.69) is 14.9 Å². The molecule has 0 radical (unpaired) electrons. The Kier molecular flexibility index (Phi) is 4.57. The molecule has 1 aliphatic carbocycles. The summed E-state index contributed by atoms with van der Waals surface area (Å²) in [6, 6.07) is 9.84. The third-order valence-corrected chi connectivity index (χ3v) is 5.48. The fraction of sp³-hybridized carbons (Fsp3) is 0.500. The van der Waals surface area contributed by atoms with Crippen molar-refractivity contribution in [3.63, 3.8) is 0 Å². The van der Waals surface area contributed by atoms with Crippen LogP contribution in [0.4, 0.5) is 4.79 Å². The molecule has 2 amide bonds. The van der Waals surface area contributed by atoms with Crippen molar-refractivity contribution in [3.05, 3.63) is 48.5 Å². The van der Waals surface area contributed by atoms with E-state index in [0.29, 0.717) is 6.54 Å². The molecular weight excluding hydrogens is 328 g/mol. The fourth-order valence-electron chi connectivity index (χ4n) is 3.58. The number of aryl methyl sites for hydroxylation is 1. The quantitative estimate of drug-likeness (QED) is 0.868. The SMILES string of the molecule is Cc1nccn1CC1(CNC(=O)N2CC[C@@H](Oc3ccccc3)C2)CC1. The molecule has 4 rings (SSSR count). The zero-order valence-corrected chi connectivity index (χ0v) is 15.2. The molecule has 138 valence electrons. The van der Waals surface area contributed by atoms with Gasteiger partial charge in [-0.1, -0.05) is 18.2 Å². The molecule has 2 fully saturated rings. The Morgan fingerprint density at radius 2 is 2.15 bits per heavy atom. The van der Waals surface area contributed by atoms with E-state index in [-0.39, 0.29) is 17.6 Å². The van der Waals surface area contributed by atoms with Gasteiger partial charge in [0.05, 0.1) is 6.54 Å². The number of carbonyl (C=O) groups excluding carboxylic acids is 1. The van der Waals surface area contributed by atoms with Crippen LogP contribution in [0.25, 0.3) is 0 Å². The third kappa shape index (κ3) is 3.84. The zero-order chi connectivity index (χ0) is 18.0. The van der Waals surface area contributed by atoms with Crippen molar-refractivity contribution in [2.45, 2.75) is 38.8 Å². The molecule has 1 saturated carbocycles. The summed E-state index contributed by atoms with van der Waals surface area (Å²) in [5, 5.41) is 3.14. The molecule has 0 unspecified atom stereocenters. The number of benzene rings is 1. The Bertz CT molecular complexity index is 754. The minimum atomic E-state index is 0.0257. The van der Waals surface area contributed by atoms with Crippen LogP contribution in [0.15, 0.2) is 42.7 Å². The first-order valence-corrected chi connectivity index (χ1v) is 9.36. The molecule has 2 aliphatic rings. The third-order valence-electron chi connectivity index (χ3n) is 5.48. The summed E-state index contributed by atoms with van der Waals surface area (Å²) in [6.07, 6.45) is 7.12. The molecule has 1 aromatic heterocycles. The lowest BCUT2D eigenvalue weighted by molar-refractivity contribution is 0.185. The van der Waals surface area contributed by atoms with E-state index in [4.69, 9.17) is 4.74 Å². The van der Waals surface area contributed by atoms with Gasteiger partial charge in [0.1, 0.15) is 17.7 Å². The van der Waals surface area contributed by atoms with Crippen LogP contribution >= 0.6 is 0 Å². The van der Waals surface area contributed by atoms with Gasteiger partial charge in [0.2, 0.25) is 0 Å². The number of urea groups is 1. The second kappa shape index (κ2) is 7.02. The molecular formula is C20H26N4O2. The average Bonchev–Trinajstić information content (AvgIpc) is 3.04. The van der Waals surface area contributed by atoms with E-state index in [1.807, 2.05) is 54.5 Å². The molecule has 0 bridgehead atoms. The largest absolute Gasteiger partial charge is 0.489 e. The number of likely N-dealkylation sites (tertiary alicyclic amines) is 1. The zero-order valence-electron chi connectivity index (χ0n) is 15.2. The average molecular weight is 354 g/mol. The number of aromatic nitrogens is 2. The number of hydrogen-bond acceptors (Lipinski definition) is 3. The number of imidazole rings is 1. The molecule has 6 heteroatoms. The molecule has 2 heterocycles. The number of amides is 2. The summed E-state index contributed by atoms with van der Waals surface area (Å²) < 4.78 is 8.14. The number of nitrogens with one attached hydrogen (secondary N) is 1. The summed E-state index contributed by atoms with van der Waals surface area (Å²) in [5.41, 5.74) is 0.195. The van der Waals surface area contributed by atoms with Crippen molar-refractivity contribution >= 4 is 6.03 Å². The van der Waals surface area contributed by atoms with Crippen LogP contribution in [0.2, 0.25) is 0 Å². The van der Waals surface area contributed by atoms with Crippen LogP contribution in [-0.4, -0.2) is 46.2 Å². The topological polar surface area (TPSA) is 59.4 Å². The van der Waals surface area contributed by atoms with Crippen molar-refractivity contribution in [2.24, 2.45) is 5.41 Å². The van der Waals surface area contributed by atoms with Crippen LogP contribution in [0.3, 0.4) is 0 Å². The van der Waals surface area contributed by atoms with Gasteiger partial charge in [0.15, 0.2) is 0 Å². The standard InChI is InChI=1S/C20H26N4O2/c1-16-21-10-12-24(16)15-20(8-9-20)14-22-19(25)23-11-7-18(13-23)26-17-5-3-2-4-6-17/h2-6,10,12,18H,7-9,11,13-15H2,1H3,(H,22,25)/t18-/m1/s1. The van der Waals surface area contributed by atoms with Crippen molar-refractivity contribution in [1.82, 2.24) is 19.8 Å². The predicted molar refractivity (Wildman–Crippen MR) is 99.1 cm³/mol. The molecule has 1 saturated heterocycles. The van der Waals surface area contributed by atoms with Crippen molar-refractivity contribution < 1.29 is 9.53 Å². The smallest absolute Gasteiger partial charge is 0.317 e. The van der Waals surface area contributed by atoms with Gasteiger partial charge < -0.3 is 19.5 Å².